The molecule has 3 aromatic rings. The number of amides is 1. The number of rotatable bonds is 3. The molecular weight excluding hydrogens is 288 g/mol. The van der Waals surface area contributed by atoms with E-state index >= 15 is 0 Å². The molecule has 0 aliphatic rings. The number of hydrogen-bond acceptors (Lipinski definition) is 3. The standard InChI is InChI=1S/C18H20N4O/c1-11-7-13(15-6-5-12(19-2)10-20-15)14-9-17(18(23)22(3)4)21-16(14)8-11/h5-10,19,21H,1-4H3. The van der Waals surface area contributed by atoms with Gasteiger partial charge in [0.15, 0.2) is 0 Å². The van der Waals surface area contributed by atoms with E-state index in [0.717, 1.165) is 33.4 Å². The quantitative estimate of drug-likeness (QED) is 0.780. The first-order valence-corrected chi connectivity index (χ1v) is 7.49. The van der Waals surface area contributed by atoms with Gasteiger partial charge in [0.2, 0.25) is 0 Å². The van der Waals surface area contributed by atoms with Crippen molar-refractivity contribution in [1.82, 2.24) is 14.9 Å². The lowest BCUT2D eigenvalue weighted by Gasteiger charge is -2.07. The molecule has 0 atom stereocenters. The highest BCUT2D eigenvalue weighted by atomic mass is 16.2. The van der Waals surface area contributed by atoms with Crippen molar-refractivity contribution in [3.05, 3.63) is 47.8 Å². The van der Waals surface area contributed by atoms with Crippen molar-refractivity contribution in [2.75, 3.05) is 26.5 Å². The summed E-state index contributed by atoms with van der Waals surface area (Å²) in [6.45, 7) is 2.04. The fourth-order valence-corrected chi connectivity index (χ4v) is 2.65. The molecule has 1 aromatic carbocycles. The Morgan fingerprint density at radius 3 is 2.61 bits per heavy atom. The van der Waals surface area contributed by atoms with Gasteiger partial charge in [0.05, 0.1) is 17.6 Å². The molecule has 2 N–H and O–H groups in total. The molecule has 0 aliphatic heterocycles. The van der Waals surface area contributed by atoms with Crippen LogP contribution in [0.2, 0.25) is 0 Å². The van der Waals surface area contributed by atoms with Crippen molar-refractivity contribution in [3.8, 4) is 11.3 Å². The van der Waals surface area contributed by atoms with Gasteiger partial charge in [-0.05, 0) is 42.8 Å². The van der Waals surface area contributed by atoms with E-state index in [4.69, 9.17) is 0 Å². The monoisotopic (exact) mass is 308 g/mol. The normalized spacial score (nSPS) is 10.8. The van der Waals surface area contributed by atoms with Crippen molar-refractivity contribution in [2.24, 2.45) is 0 Å². The Bertz CT molecular complexity index is 863. The number of carbonyl (C=O) groups excluding carboxylic acids is 1. The lowest BCUT2D eigenvalue weighted by Crippen LogP contribution is -2.21. The molecule has 0 saturated carbocycles. The molecule has 0 fully saturated rings. The molecule has 0 radical (unpaired) electrons. The molecule has 1 amide bonds. The first kappa shape index (κ1) is 15.1. The van der Waals surface area contributed by atoms with Crippen LogP contribution in [0.5, 0.6) is 0 Å². The van der Waals surface area contributed by atoms with Crippen LogP contribution in [0.4, 0.5) is 5.69 Å². The van der Waals surface area contributed by atoms with Gasteiger partial charge in [-0.25, -0.2) is 0 Å². The Morgan fingerprint density at radius 2 is 2.00 bits per heavy atom. The van der Waals surface area contributed by atoms with Crippen molar-refractivity contribution in [3.63, 3.8) is 0 Å². The van der Waals surface area contributed by atoms with Gasteiger partial charge in [-0.2, -0.15) is 0 Å². The van der Waals surface area contributed by atoms with Crippen LogP contribution in [0.1, 0.15) is 16.1 Å². The van der Waals surface area contributed by atoms with Crippen molar-refractivity contribution >= 4 is 22.5 Å². The van der Waals surface area contributed by atoms with Gasteiger partial charge in [-0.3, -0.25) is 9.78 Å². The van der Waals surface area contributed by atoms with E-state index in [1.807, 2.05) is 44.4 Å². The minimum absolute atomic E-state index is 0.0386. The molecule has 2 heterocycles. The van der Waals surface area contributed by atoms with Gasteiger partial charge < -0.3 is 15.2 Å². The second-order valence-electron chi connectivity index (χ2n) is 5.84. The summed E-state index contributed by atoms with van der Waals surface area (Å²) >= 11 is 0. The number of aromatic amines is 1. The molecule has 2 aromatic heterocycles. The van der Waals surface area contributed by atoms with Crippen LogP contribution in [-0.2, 0) is 0 Å². The smallest absolute Gasteiger partial charge is 0.269 e. The lowest BCUT2D eigenvalue weighted by molar-refractivity contribution is 0.0823. The molecule has 23 heavy (non-hydrogen) atoms. The Hall–Kier alpha value is -2.82. The lowest BCUT2D eigenvalue weighted by atomic mass is 10.0. The zero-order chi connectivity index (χ0) is 16.6. The van der Waals surface area contributed by atoms with E-state index in [0.29, 0.717) is 5.69 Å². The number of benzene rings is 1. The van der Waals surface area contributed by atoms with Crippen molar-refractivity contribution < 1.29 is 4.79 Å². The van der Waals surface area contributed by atoms with E-state index < -0.39 is 0 Å². The van der Waals surface area contributed by atoms with Crippen LogP contribution in [0.15, 0.2) is 36.5 Å². The summed E-state index contributed by atoms with van der Waals surface area (Å²) in [5.74, 6) is -0.0386. The molecule has 118 valence electrons. The molecular formula is C18H20N4O. The van der Waals surface area contributed by atoms with Gasteiger partial charge >= 0.3 is 0 Å². The largest absolute Gasteiger partial charge is 0.387 e. The van der Waals surface area contributed by atoms with E-state index in [-0.39, 0.29) is 5.91 Å². The number of H-pyrrole nitrogens is 1. The number of fused-ring (bicyclic) bond motifs is 1. The third-order valence-electron chi connectivity index (χ3n) is 3.85. The number of anilines is 1. The maximum Gasteiger partial charge on any atom is 0.269 e. The molecule has 5 heteroatoms. The summed E-state index contributed by atoms with van der Waals surface area (Å²) in [5.41, 5.74) is 5.54. The maximum atomic E-state index is 12.2. The number of nitrogens with zero attached hydrogens (tertiary/aromatic N) is 2. The average Bonchev–Trinajstić information content (AvgIpc) is 2.97. The first-order chi connectivity index (χ1) is 11.0. The van der Waals surface area contributed by atoms with Crippen LogP contribution in [0.25, 0.3) is 22.2 Å². The summed E-state index contributed by atoms with van der Waals surface area (Å²) in [5, 5.41) is 4.07. The molecule has 0 spiro atoms. The Morgan fingerprint density at radius 1 is 1.22 bits per heavy atom. The fourth-order valence-electron chi connectivity index (χ4n) is 2.65. The fraction of sp³-hybridized carbons (Fsp3) is 0.222. The number of hydrogen-bond donors (Lipinski definition) is 2. The van der Waals surface area contributed by atoms with E-state index in [9.17, 15) is 4.79 Å². The minimum Gasteiger partial charge on any atom is -0.387 e. The van der Waals surface area contributed by atoms with E-state index in [1.54, 1.807) is 19.0 Å². The Kier molecular flexibility index (Phi) is 3.78. The summed E-state index contributed by atoms with van der Waals surface area (Å²) in [6, 6.07) is 10.0. The summed E-state index contributed by atoms with van der Waals surface area (Å²) in [6.07, 6.45) is 1.81. The SMILES string of the molecule is CNc1ccc(-c2cc(C)cc3[nH]c(C(=O)N(C)C)cc23)nc1. The minimum atomic E-state index is -0.0386. The third-order valence-corrected chi connectivity index (χ3v) is 3.85. The Labute approximate surface area is 135 Å². The number of pyridine rings is 1. The predicted octanol–water partition coefficient (Wildman–Crippen LogP) is 3.28. The molecule has 0 saturated heterocycles. The summed E-state index contributed by atoms with van der Waals surface area (Å²) < 4.78 is 0. The van der Waals surface area contributed by atoms with E-state index in [1.165, 1.54) is 0 Å². The van der Waals surface area contributed by atoms with Crippen LogP contribution in [0.3, 0.4) is 0 Å². The highest BCUT2D eigenvalue weighted by Crippen LogP contribution is 2.30. The second-order valence-corrected chi connectivity index (χ2v) is 5.84. The van der Waals surface area contributed by atoms with Gasteiger partial charge in [0.1, 0.15) is 5.69 Å². The number of aromatic nitrogens is 2. The topological polar surface area (TPSA) is 61.0 Å². The average molecular weight is 308 g/mol. The highest BCUT2D eigenvalue weighted by Gasteiger charge is 2.15. The molecule has 3 rings (SSSR count). The molecule has 0 bridgehead atoms. The summed E-state index contributed by atoms with van der Waals surface area (Å²) in [7, 11) is 5.36. The van der Waals surface area contributed by atoms with Gasteiger partial charge in [-0.1, -0.05) is 0 Å². The van der Waals surface area contributed by atoms with Crippen LogP contribution >= 0.6 is 0 Å². The van der Waals surface area contributed by atoms with Crippen LogP contribution in [-0.4, -0.2) is 41.9 Å². The summed E-state index contributed by atoms with van der Waals surface area (Å²) in [4.78, 5) is 21.5. The van der Waals surface area contributed by atoms with Crippen molar-refractivity contribution in [2.45, 2.75) is 6.92 Å². The molecule has 5 nitrogen and oxygen atoms in total. The molecule has 0 aliphatic carbocycles. The Balaban J connectivity index is 2.17. The number of carbonyl (C=O) groups is 1. The molecule has 0 unspecified atom stereocenters. The highest BCUT2D eigenvalue weighted by molar-refractivity contribution is 6.02. The number of nitrogens with one attached hydrogen (secondary N) is 2. The van der Waals surface area contributed by atoms with E-state index in [2.05, 4.69) is 21.4 Å². The second kappa shape index (κ2) is 5.76. The van der Waals surface area contributed by atoms with Crippen LogP contribution < -0.4 is 5.32 Å². The first-order valence-electron chi connectivity index (χ1n) is 7.49. The van der Waals surface area contributed by atoms with Gasteiger partial charge in [0, 0.05) is 37.6 Å². The maximum absolute atomic E-state index is 12.2. The van der Waals surface area contributed by atoms with Gasteiger partial charge in [0.25, 0.3) is 5.91 Å². The zero-order valence-corrected chi connectivity index (χ0v) is 13.8. The predicted molar refractivity (Wildman–Crippen MR) is 93.8 cm³/mol. The third kappa shape index (κ3) is 2.77. The van der Waals surface area contributed by atoms with Crippen LogP contribution in [0, 0.1) is 6.92 Å². The number of aryl methyl sites for hydroxylation is 1. The zero-order valence-electron chi connectivity index (χ0n) is 13.8. The van der Waals surface area contributed by atoms with Crippen molar-refractivity contribution in [1.29, 1.82) is 0 Å². The van der Waals surface area contributed by atoms with Gasteiger partial charge in [-0.15, -0.1) is 0 Å².